The summed E-state index contributed by atoms with van der Waals surface area (Å²) in [4.78, 5) is 44.2. The van der Waals surface area contributed by atoms with Crippen LogP contribution in [0, 0.1) is 6.92 Å². The highest BCUT2D eigenvalue weighted by Gasteiger charge is 2.14. The molecule has 0 aliphatic rings. The highest BCUT2D eigenvalue weighted by molar-refractivity contribution is 7.22. The predicted molar refractivity (Wildman–Crippen MR) is 194 cm³/mol. The second-order valence-corrected chi connectivity index (χ2v) is 13.1. The van der Waals surface area contributed by atoms with Crippen molar-refractivity contribution in [2.45, 2.75) is 6.92 Å². The number of thiophene rings is 2. The minimum absolute atomic E-state index is 0.260. The molecule has 12 heteroatoms. The largest absolute Gasteiger partial charge is 0.492 e. The zero-order chi connectivity index (χ0) is 33.5. The van der Waals surface area contributed by atoms with E-state index < -0.39 is 0 Å². The third-order valence-electron chi connectivity index (χ3n) is 7.21. The van der Waals surface area contributed by atoms with Crippen molar-refractivity contribution in [3.63, 3.8) is 0 Å². The van der Waals surface area contributed by atoms with Crippen molar-refractivity contribution in [2.24, 2.45) is 0 Å². The number of ether oxygens (including phenoxy) is 1. The van der Waals surface area contributed by atoms with Crippen molar-refractivity contribution in [3.8, 4) is 26.8 Å². The average Bonchev–Trinajstić information content (AvgIpc) is 3.80. The molecular weight excluding hydrogens is 643 g/mol. The molecule has 0 fully saturated rings. The van der Waals surface area contributed by atoms with Gasteiger partial charge in [0.15, 0.2) is 0 Å². The van der Waals surface area contributed by atoms with Gasteiger partial charge in [0, 0.05) is 45.6 Å². The highest BCUT2D eigenvalue weighted by Crippen LogP contribution is 2.32. The van der Waals surface area contributed by atoms with E-state index in [4.69, 9.17) is 9.72 Å². The van der Waals surface area contributed by atoms with Gasteiger partial charge in [0.25, 0.3) is 11.8 Å². The molecule has 48 heavy (non-hydrogen) atoms. The minimum Gasteiger partial charge on any atom is -0.492 e. The molecule has 0 saturated heterocycles. The van der Waals surface area contributed by atoms with Crippen LogP contribution in [-0.2, 0) is 0 Å². The first kappa shape index (κ1) is 32.5. The average molecular weight is 676 g/mol. The first-order valence-corrected chi connectivity index (χ1v) is 16.8. The van der Waals surface area contributed by atoms with Crippen LogP contribution in [-0.4, -0.2) is 58.9 Å². The van der Waals surface area contributed by atoms with E-state index in [1.165, 1.54) is 23.7 Å². The standard InChI is InChI=1S/C36H33N7O3S2/c1-23-6-9-26(20-30(23)42-36-38-15-14-29(41-36)24-7-10-28(11-8-24)46-17-16-43(2)3)39-34(44)25-19-27(22-37-21-25)40-35(45)33-13-12-32(48-33)31-5-4-18-47-31/h4-15,18-22H,16-17H2,1-3H3,(H,39,44)(H,40,45)(H,38,41,42). The predicted octanol–water partition coefficient (Wildman–Crippen LogP) is 7.83. The van der Waals surface area contributed by atoms with Crippen LogP contribution in [0.5, 0.6) is 5.75 Å². The first-order chi connectivity index (χ1) is 23.3. The normalized spacial score (nSPS) is 10.9. The van der Waals surface area contributed by atoms with E-state index in [1.54, 1.807) is 29.7 Å². The number of rotatable bonds is 12. The van der Waals surface area contributed by atoms with E-state index >= 15 is 0 Å². The molecule has 4 heterocycles. The molecule has 0 spiro atoms. The van der Waals surface area contributed by atoms with Gasteiger partial charge in [-0.15, -0.1) is 22.7 Å². The summed E-state index contributed by atoms with van der Waals surface area (Å²) in [6, 6.07) is 24.5. The number of amides is 2. The van der Waals surface area contributed by atoms with Crippen LogP contribution < -0.4 is 20.7 Å². The molecular formula is C36H33N7O3S2. The van der Waals surface area contributed by atoms with E-state index in [2.05, 4.69) is 30.8 Å². The summed E-state index contributed by atoms with van der Waals surface area (Å²) >= 11 is 3.04. The molecule has 0 aliphatic heterocycles. The zero-order valence-corrected chi connectivity index (χ0v) is 28.2. The quantitative estimate of drug-likeness (QED) is 0.120. The van der Waals surface area contributed by atoms with Crippen LogP contribution >= 0.6 is 22.7 Å². The van der Waals surface area contributed by atoms with Crippen LogP contribution in [0.3, 0.4) is 0 Å². The molecule has 2 aromatic carbocycles. The molecule has 242 valence electrons. The third-order valence-corrected chi connectivity index (χ3v) is 9.36. The van der Waals surface area contributed by atoms with E-state index in [0.717, 1.165) is 44.6 Å². The SMILES string of the molecule is Cc1ccc(NC(=O)c2cncc(NC(=O)c3ccc(-c4cccs4)s3)c2)cc1Nc1nccc(-c2ccc(OCCN(C)C)cc2)n1. The summed E-state index contributed by atoms with van der Waals surface area (Å²) in [5.74, 6) is 0.601. The third kappa shape index (κ3) is 8.28. The first-order valence-electron chi connectivity index (χ1n) is 15.1. The molecule has 6 rings (SSSR count). The number of likely N-dealkylation sites (N-methyl/N-ethyl adjacent to an activating group) is 1. The number of nitrogens with one attached hydrogen (secondary N) is 3. The van der Waals surface area contributed by atoms with Gasteiger partial charge in [-0.25, -0.2) is 9.97 Å². The Kier molecular flexibility index (Phi) is 10.1. The summed E-state index contributed by atoms with van der Waals surface area (Å²) in [5, 5.41) is 11.1. The number of carbonyl (C=O) groups is 2. The van der Waals surface area contributed by atoms with Gasteiger partial charge in [-0.3, -0.25) is 14.6 Å². The highest BCUT2D eigenvalue weighted by atomic mass is 32.1. The van der Waals surface area contributed by atoms with Crippen LogP contribution in [0.25, 0.3) is 21.0 Å². The molecule has 10 nitrogen and oxygen atoms in total. The van der Waals surface area contributed by atoms with Gasteiger partial charge in [0.2, 0.25) is 5.95 Å². The van der Waals surface area contributed by atoms with Crippen molar-refractivity contribution in [1.82, 2.24) is 19.9 Å². The van der Waals surface area contributed by atoms with E-state index in [-0.39, 0.29) is 11.8 Å². The molecule has 0 atom stereocenters. The second-order valence-electron chi connectivity index (χ2n) is 11.1. The number of hydrogen-bond donors (Lipinski definition) is 3. The van der Waals surface area contributed by atoms with Gasteiger partial charge in [-0.1, -0.05) is 12.1 Å². The monoisotopic (exact) mass is 675 g/mol. The van der Waals surface area contributed by atoms with Gasteiger partial charge < -0.3 is 25.6 Å². The molecule has 0 bridgehead atoms. The molecule has 2 amide bonds. The zero-order valence-electron chi connectivity index (χ0n) is 26.6. The topological polar surface area (TPSA) is 121 Å². The maximum atomic E-state index is 13.2. The lowest BCUT2D eigenvalue weighted by atomic mass is 10.1. The lowest BCUT2D eigenvalue weighted by Gasteiger charge is -2.13. The number of nitrogens with zero attached hydrogens (tertiary/aromatic N) is 4. The Morgan fingerprint density at radius 3 is 2.50 bits per heavy atom. The second kappa shape index (κ2) is 15.0. The van der Waals surface area contributed by atoms with Crippen molar-refractivity contribution in [2.75, 3.05) is 43.2 Å². The van der Waals surface area contributed by atoms with E-state index in [9.17, 15) is 9.59 Å². The van der Waals surface area contributed by atoms with Crippen LogP contribution in [0.2, 0.25) is 0 Å². The number of aryl methyl sites for hydroxylation is 1. The van der Waals surface area contributed by atoms with E-state index in [0.29, 0.717) is 34.4 Å². The Balaban J connectivity index is 1.09. The summed E-state index contributed by atoms with van der Waals surface area (Å²) in [5.41, 5.74) is 4.69. The lowest BCUT2D eigenvalue weighted by molar-refractivity contribution is 0.101. The molecule has 0 radical (unpaired) electrons. The molecule has 0 aliphatic carbocycles. The summed E-state index contributed by atoms with van der Waals surface area (Å²) in [6.07, 6.45) is 4.67. The number of anilines is 4. The smallest absolute Gasteiger partial charge is 0.265 e. The van der Waals surface area contributed by atoms with Crippen molar-refractivity contribution in [3.05, 3.63) is 119 Å². The van der Waals surface area contributed by atoms with E-state index in [1.807, 2.05) is 93.1 Å². The van der Waals surface area contributed by atoms with Crippen LogP contribution in [0.15, 0.2) is 103 Å². The van der Waals surface area contributed by atoms with Gasteiger partial charge in [-0.2, -0.15) is 0 Å². The Morgan fingerprint density at radius 1 is 0.875 bits per heavy atom. The van der Waals surface area contributed by atoms with Crippen molar-refractivity contribution >= 4 is 57.5 Å². The maximum Gasteiger partial charge on any atom is 0.265 e. The maximum absolute atomic E-state index is 13.2. The lowest BCUT2D eigenvalue weighted by Crippen LogP contribution is -2.19. The molecule has 6 aromatic rings. The van der Waals surface area contributed by atoms with Gasteiger partial charge in [-0.05, 0) is 98.7 Å². The fourth-order valence-electron chi connectivity index (χ4n) is 4.64. The Bertz CT molecular complexity index is 2030. The number of pyridine rings is 1. The summed E-state index contributed by atoms with van der Waals surface area (Å²) in [7, 11) is 4.02. The van der Waals surface area contributed by atoms with Crippen LogP contribution in [0.4, 0.5) is 23.0 Å². The summed E-state index contributed by atoms with van der Waals surface area (Å²) < 4.78 is 5.80. The number of benzene rings is 2. The van der Waals surface area contributed by atoms with Crippen molar-refractivity contribution in [1.29, 1.82) is 0 Å². The summed E-state index contributed by atoms with van der Waals surface area (Å²) in [6.45, 7) is 3.41. The van der Waals surface area contributed by atoms with Gasteiger partial charge in [0.1, 0.15) is 12.4 Å². The number of aromatic nitrogens is 3. The number of hydrogen-bond acceptors (Lipinski definition) is 10. The van der Waals surface area contributed by atoms with Gasteiger partial charge in [0.05, 0.1) is 28.0 Å². The Morgan fingerprint density at radius 2 is 1.71 bits per heavy atom. The van der Waals surface area contributed by atoms with Crippen molar-refractivity contribution < 1.29 is 14.3 Å². The Labute approximate surface area is 286 Å². The molecule has 0 saturated carbocycles. The van der Waals surface area contributed by atoms with Gasteiger partial charge >= 0.3 is 0 Å². The molecule has 3 N–H and O–H groups in total. The molecule has 0 unspecified atom stereocenters. The minimum atomic E-state index is -0.364. The number of carbonyl (C=O) groups excluding carboxylic acids is 2. The Hall–Kier alpha value is -5.43. The fraction of sp³-hybridized carbons (Fsp3) is 0.139. The molecule has 4 aromatic heterocycles. The fourth-order valence-corrected chi connectivity index (χ4v) is 6.38. The van der Waals surface area contributed by atoms with Crippen LogP contribution in [0.1, 0.15) is 25.6 Å².